The van der Waals surface area contributed by atoms with Gasteiger partial charge in [-0.05, 0) is 36.3 Å². The van der Waals surface area contributed by atoms with Crippen molar-refractivity contribution in [1.82, 2.24) is 10.6 Å². The van der Waals surface area contributed by atoms with E-state index in [-0.39, 0.29) is 0 Å². The van der Waals surface area contributed by atoms with E-state index in [0.29, 0.717) is 0 Å². The molecular formula is C15H23N3OS. The van der Waals surface area contributed by atoms with E-state index in [2.05, 4.69) is 39.5 Å². The van der Waals surface area contributed by atoms with Gasteiger partial charge in [-0.1, -0.05) is 12.1 Å². The molecule has 0 amide bonds. The third kappa shape index (κ3) is 4.63. The number of benzene rings is 1. The molecule has 1 aromatic rings. The molecule has 1 heterocycles. The third-order valence-corrected chi connectivity index (χ3v) is 4.76. The molecule has 1 aromatic carbocycles. The van der Waals surface area contributed by atoms with E-state index < -0.39 is 0 Å². The summed E-state index contributed by atoms with van der Waals surface area (Å²) in [4.78, 5) is 4.26. The summed E-state index contributed by atoms with van der Waals surface area (Å²) in [7, 11) is 3.49. The van der Waals surface area contributed by atoms with Gasteiger partial charge < -0.3 is 15.4 Å². The minimum absolute atomic E-state index is 0.731. The maximum absolute atomic E-state index is 5.15. The SMILES string of the molecule is CN=C(NCc1ccc(OC)cc1)NCC1CCCS1. The van der Waals surface area contributed by atoms with Crippen molar-refractivity contribution in [3.05, 3.63) is 29.8 Å². The molecule has 110 valence electrons. The van der Waals surface area contributed by atoms with Gasteiger partial charge in [0.15, 0.2) is 5.96 Å². The van der Waals surface area contributed by atoms with Crippen LogP contribution in [0.1, 0.15) is 18.4 Å². The molecule has 2 N–H and O–H groups in total. The lowest BCUT2D eigenvalue weighted by atomic mass is 10.2. The van der Waals surface area contributed by atoms with Gasteiger partial charge in [0.1, 0.15) is 5.75 Å². The molecule has 1 unspecified atom stereocenters. The maximum atomic E-state index is 5.15. The molecule has 0 aromatic heterocycles. The molecular weight excluding hydrogens is 270 g/mol. The van der Waals surface area contributed by atoms with Crippen LogP contribution in [-0.2, 0) is 6.54 Å². The van der Waals surface area contributed by atoms with Crippen molar-refractivity contribution >= 4 is 17.7 Å². The number of rotatable bonds is 5. The molecule has 1 atom stereocenters. The number of guanidine groups is 1. The van der Waals surface area contributed by atoms with Crippen LogP contribution in [0.15, 0.2) is 29.3 Å². The Kier molecular flexibility index (Phi) is 6.05. The van der Waals surface area contributed by atoms with Crippen molar-refractivity contribution in [1.29, 1.82) is 0 Å². The van der Waals surface area contributed by atoms with Gasteiger partial charge in [0.25, 0.3) is 0 Å². The van der Waals surface area contributed by atoms with Gasteiger partial charge >= 0.3 is 0 Å². The van der Waals surface area contributed by atoms with Crippen molar-refractivity contribution in [3.63, 3.8) is 0 Å². The van der Waals surface area contributed by atoms with Crippen LogP contribution in [0, 0.1) is 0 Å². The van der Waals surface area contributed by atoms with Gasteiger partial charge in [0.2, 0.25) is 0 Å². The molecule has 20 heavy (non-hydrogen) atoms. The summed E-state index contributed by atoms with van der Waals surface area (Å²) < 4.78 is 5.15. The smallest absolute Gasteiger partial charge is 0.191 e. The lowest BCUT2D eigenvalue weighted by Gasteiger charge is -2.15. The van der Waals surface area contributed by atoms with Crippen LogP contribution in [-0.4, -0.2) is 37.7 Å². The molecule has 1 saturated heterocycles. The Bertz CT molecular complexity index is 427. The first-order valence-corrected chi connectivity index (χ1v) is 8.05. The molecule has 1 aliphatic heterocycles. The van der Waals surface area contributed by atoms with Gasteiger partial charge in [0, 0.05) is 25.4 Å². The van der Waals surface area contributed by atoms with Gasteiger partial charge in [0.05, 0.1) is 7.11 Å². The summed E-state index contributed by atoms with van der Waals surface area (Å²) in [6.45, 7) is 1.76. The number of hydrogen-bond acceptors (Lipinski definition) is 3. The zero-order chi connectivity index (χ0) is 14.2. The fourth-order valence-corrected chi connectivity index (χ4v) is 3.37. The number of nitrogens with one attached hydrogen (secondary N) is 2. The highest BCUT2D eigenvalue weighted by Gasteiger charge is 2.15. The second kappa shape index (κ2) is 8.04. The van der Waals surface area contributed by atoms with E-state index in [1.54, 1.807) is 7.11 Å². The summed E-state index contributed by atoms with van der Waals surface area (Å²) in [5.41, 5.74) is 1.21. The average Bonchev–Trinajstić information content (AvgIpc) is 3.01. The van der Waals surface area contributed by atoms with E-state index in [1.165, 1.54) is 24.2 Å². The molecule has 4 nitrogen and oxygen atoms in total. The summed E-state index contributed by atoms with van der Waals surface area (Å²) in [6, 6.07) is 8.07. The fourth-order valence-electron chi connectivity index (χ4n) is 2.17. The van der Waals surface area contributed by atoms with Crippen molar-refractivity contribution < 1.29 is 4.74 Å². The number of thioether (sulfide) groups is 1. The Morgan fingerprint density at radius 1 is 1.35 bits per heavy atom. The first kappa shape index (κ1) is 15.0. The van der Waals surface area contributed by atoms with E-state index in [4.69, 9.17) is 4.74 Å². The van der Waals surface area contributed by atoms with Crippen molar-refractivity contribution in [2.24, 2.45) is 4.99 Å². The van der Waals surface area contributed by atoms with Crippen LogP contribution in [0.25, 0.3) is 0 Å². The normalized spacial score (nSPS) is 18.9. The molecule has 2 rings (SSSR count). The molecule has 0 aliphatic carbocycles. The topological polar surface area (TPSA) is 45.7 Å². The number of hydrogen-bond donors (Lipinski definition) is 2. The summed E-state index contributed by atoms with van der Waals surface area (Å²) >= 11 is 2.05. The molecule has 1 fully saturated rings. The summed E-state index contributed by atoms with van der Waals surface area (Å²) in [5.74, 6) is 3.05. The highest BCUT2D eigenvalue weighted by atomic mass is 32.2. The molecule has 0 bridgehead atoms. The lowest BCUT2D eigenvalue weighted by molar-refractivity contribution is 0.414. The molecule has 0 radical (unpaired) electrons. The Balaban J connectivity index is 1.74. The third-order valence-electron chi connectivity index (χ3n) is 3.36. The largest absolute Gasteiger partial charge is 0.497 e. The van der Waals surface area contributed by atoms with Crippen LogP contribution < -0.4 is 15.4 Å². The first-order valence-electron chi connectivity index (χ1n) is 7.01. The van der Waals surface area contributed by atoms with Crippen LogP contribution in [0.2, 0.25) is 0 Å². The van der Waals surface area contributed by atoms with Crippen molar-refractivity contribution in [2.75, 3.05) is 26.5 Å². The molecule has 1 aliphatic rings. The minimum atomic E-state index is 0.731. The lowest BCUT2D eigenvalue weighted by Crippen LogP contribution is -2.39. The minimum Gasteiger partial charge on any atom is -0.497 e. The Labute approximate surface area is 125 Å². The second-order valence-corrected chi connectivity index (χ2v) is 6.20. The van der Waals surface area contributed by atoms with Crippen LogP contribution >= 0.6 is 11.8 Å². The number of aliphatic imine (C=N–C) groups is 1. The summed E-state index contributed by atoms with van der Waals surface area (Å²) in [5, 5.41) is 7.46. The van der Waals surface area contributed by atoms with Gasteiger partial charge in [-0.3, -0.25) is 4.99 Å². The predicted octanol–water partition coefficient (Wildman–Crippen LogP) is 2.26. The van der Waals surface area contributed by atoms with Crippen LogP contribution in [0.5, 0.6) is 5.75 Å². The Morgan fingerprint density at radius 2 is 2.15 bits per heavy atom. The summed E-state index contributed by atoms with van der Waals surface area (Å²) in [6.07, 6.45) is 2.65. The van der Waals surface area contributed by atoms with Gasteiger partial charge in [-0.15, -0.1) is 0 Å². The maximum Gasteiger partial charge on any atom is 0.191 e. The standard InChI is InChI=1S/C15H23N3OS/c1-16-15(18-11-14-4-3-9-20-14)17-10-12-5-7-13(19-2)8-6-12/h5-8,14H,3-4,9-11H2,1-2H3,(H2,16,17,18). The Hall–Kier alpha value is -1.36. The van der Waals surface area contributed by atoms with E-state index >= 15 is 0 Å². The number of ether oxygens (including phenoxy) is 1. The van der Waals surface area contributed by atoms with E-state index in [1.807, 2.05) is 19.2 Å². The molecule has 5 heteroatoms. The van der Waals surface area contributed by atoms with Crippen molar-refractivity contribution in [2.45, 2.75) is 24.6 Å². The predicted molar refractivity (Wildman–Crippen MR) is 86.7 cm³/mol. The molecule has 0 spiro atoms. The van der Waals surface area contributed by atoms with Crippen LogP contribution in [0.3, 0.4) is 0 Å². The zero-order valence-corrected chi connectivity index (χ0v) is 13.0. The Morgan fingerprint density at radius 3 is 2.75 bits per heavy atom. The average molecular weight is 293 g/mol. The monoisotopic (exact) mass is 293 g/mol. The highest BCUT2D eigenvalue weighted by molar-refractivity contribution is 8.00. The zero-order valence-electron chi connectivity index (χ0n) is 12.2. The molecule has 0 saturated carbocycles. The number of methoxy groups -OCH3 is 1. The van der Waals surface area contributed by atoms with Gasteiger partial charge in [-0.25, -0.2) is 0 Å². The number of nitrogens with zero attached hydrogens (tertiary/aromatic N) is 1. The van der Waals surface area contributed by atoms with Gasteiger partial charge in [-0.2, -0.15) is 11.8 Å². The quantitative estimate of drug-likeness (QED) is 0.646. The fraction of sp³-hybridized carbons (Fsp3) is 0.533. The van der Waals surface area contributed by atoms with Crippen molar-refractivity contribution in [3.8, 4) is 5.75 Å². The van der Waals surface area contributed by atoms with E-state index in [0.717, 1.165) is 30.0 Å². The second-order valence-electron chi connectivity index (χ2n) is 4.79. The highest BCUT2D eigenvalue weighted by Crippen LogP contribution is 2.25. The van der Waals surface area contributed by atoms with E-state index in [9.17, 15) is 0 Å². The van der Waals surface area contributed by atoms with Crippen LogP contribution in [0.4, 0.5) is 0 Å². The first-order chi connectivity index (χ1) is 9.81.